The fraction of sp³-hybridized carbons (Fsp3) is 0.375. The first-order valence-electron chi connectivity index (χ1n) is 7.12. The van der Waals surface area contributed by atoms with Crippen LogP contribution in [0.5, 0.6) is 0 Å². The molecule has 112 valence electrons. The number of benzene rings is 1. The van der Waals surface area contributed by atoms with E-state index in [9.17, 15) is 4.79 Å². The second-order valence-corrected chi connectivity index (χ2v) is 4.76. The first-order valence-corrected chi connectivity index (χ1v) is 7.12. The van der Waals surface area contributed by atoms with E-state index >= 15 is 0 Å². The molecule has 1 aromatic heterocycles. The number of carbonyl (C=O) groups is 1. The summed E-state index contributed by atoms with van der Waals surface area (Å²) in [5.41, 5.74) is 2.16. The van der Waals surface area contributed by atoms with Gasteiger partial charge in [-0.2, -0.15) is 0 Å². The molecule has 0 aliphatic heterocycles. The van der Waals surface area contributed by atoms with Gasteiger partial charge in [0.1, 0.15) is 6.10 Å². The van der Waals surface area contributed by atoms with Crippen LogP contribution in [0.15, 0.2) is 42.9 Å². The van der Waals surface area contributed by atoms with Gasteiger partial charge in [0, 0.05) is 20.2 Å². The van der Waals surface area contributed by atoms with Crippen LogP contribution in [0.2, 0.25) is 0 Å². The summed E-state index contributed by atoms with van der Waals surface area (Å²) in [6, 6.07) is 10.1. The van der Waals surface area contributed by atoms with Crippen LogP contribution >= 0.6 is 0 Å². The van der Waals surface area contributed by atoms with E-state index in [0.717, 1.165) is 11.3 Å². The van der Waals surface area contributed by atoms with Crippen molar-refractivity contribution in [2.75, 3.05) is 13.7 Å². The van der Waals surface area contributed by atoms with E-state index in [1.54, 1.807) is 13.4 Å². The van der Waals surface area contributed by atoms with Gasteiger partial charge in [-0.3, -0.25) is 4.79 Å². The number of rotatable bonds is 7. The molecule has 0 spiro atoms. The number of ether oxygens (including phenoxy) is 1. The van der Waals surface area contributed by atoms with Crippen molar-refractivity contribution >= 4 is 5.91 Å². The van der Waals surface area contributed by atoms with Gasteiger partial charge in [0.2, 0.25) is 5.91 Å². The fourth-order valence-corrected chi connectivity index (χ4v) is 2.22. The highest BCUT2D eigenvalue weighted by Crippen LogP contribution is 2.17. The van der Waals surface area contributed by atoms with Gasteiger partial charge >= 0.3 is 0 Å². The standard InChI is InChI=1S/C16H21N3O2/c1-3-15(21-2)16(20)18-9-10-19-12-17-11-14(19)13-7-5-4-6-8-13/h4-8,11-12,15H,3,9-10H2,1-2H3,(H,18,20). The average molecular weight is 287 g/mol. The maximum absolute atomic E-state index is 11.8. The van der Waals surface area contributed by atoms with Gasteiger partial charge in [-0.05, 0) is 12.0 Å². The van der Waals surface area contributed by atoms with Crippen LogP contribution in [0.25, 0.3) is 11.3 Å². The average Bonchev–Trinajstić information content (AvgIpc) is 2.98. The van der Waals surface area contributed by atoms with Gasteiger partial charge in [-0.15, -0.1) is 0 Å². The summed E-state index contributed by atoms with van der Waals surface area (Å²) < 4.78 is 7.14. The SMILES string of the molecule is CCC(OC)C(=O)NCCn1cncc1-c1ccccc1. The van der Waals surface area contributed by atoms with Crippen molar-refractivity contribution in [1.29, 1.82) is 0 Å². The zero-order chi connectivity index (χ0) is 15.1. The molecule has 0 saturated heterocycles. The van der Waals surface area contributed by atoms with Gasteiger partial charge in [0.15, 0.2) is 0 Å². The highest BCUT2D eigenvalue weighted by atomic mass is 16.5. The Morgan fingerprint density at radius 2 is 2.14 bits per heavy atom. The minimum Gasteiger partial charge on any atom is -0.372 e. The molecule has 0 radical (unpaired) electrons. The predicted molar refractivity (Wildman–Crippen MR) is 81.8 cm³/mol. The lowest BCUT2D eigenvalue weighted by Crippen LogP contribution is -2.37. The summed E-state index contributed by atoms with van der Waals surface area (Å²) in [5, 5.41) is 2.89. The van der Waals surface area contributed by atoms with Gasteiger partial charge < -0.3 is 14.6 Å². The second-order valence-electron chi connectivity index (χ2n) is 4.76. The first-order chi connectivity index (χ1) is 10.3. The summed E-state index contributed by atoms with van der Waals surface area (Å²) in [6.07, 6.45) is 3.91. The number of nitrogens with one attached hydrogen (secondary N) is 1. The molecule has 0 aliphatic rings. The van der Waals surface area contributed by atoms with Crippen molar-refractivity contribution in [3.8, 4) is 11.3 Å². The molecule has 2 rings (SSSR count). The number of hydrogen-bond acceptors (Lipinski definition) is 3. The summed E-state index contributed by atoms with van der Waals surface area (Å²) in [5.74, 6) is -0.0682. The Kier molecular flexibility index (Phi) is 5.51. The molecule has 1 unspecified atom stereocenters. The Bertz CT molecular complexity index is 562. The van der Waals surface area contributed by atoms with E-state index in [4.69, 9.17) is 4.74 Å². The number of nitrogens with zero attached hydrogens (tertiary/aromatic N) is 2. The van der Waals surface area contributed by atoms with E-state index in [2.05, 4.69) is 10.3 Å². The topological polar surface area (TPSA) is 56.1 Å². The second kappa shape index (κ2) is 7.59. The monoisotopic (exact) mass is 287 g/mol. The van der Waals surface area contributed by atoms with Crippen molar-refractivity contribution in [2.45, 2.75) is 26.0 Å². The molecule has 1 N–H and O–H groups in total. The normalized spacial score (nSPS) is 12.1. The third-order valence-corrected chi connectivity index (χ3v) is 3.38. The van der Waals surface area contributed by atoms with Crippen molar-refractivity contribution in [1.82, 2.24) is 14.9 Å². The largest absolute Gasteiger partial charge is 0.372 e. The van der Waals surface area contributed by atoms with Gasteiger partial charge in [0.05, 0.1) is 18.2 Å². The van der Waals surface area contributed by atoms with Crippen LogP contribution in [0.3, 0.4) is 0 Å². The number of methoxy groups -OCH3 is 1. The van der Waals surface area contributed by atoms with Crippen LogP contribution in [0.1, 0.15) is 13.3 Å². The molecule has 5 nitrogen and oxygen atoms in total. The maximum Gasteiger partial charge on any atom is 0.249 e. The number of hydrogen-bond donors (Lipinski definition) is 1. The smallest absolute Gasteiger partial charge is 0.249 e. The highest BCUT2D eigenvalue weighted by molar-refractivity contribution is 5.80. The van der Waals surface area contributed by atoms with Crippen molar-refractivity contribution in [2.24, 2.45) is 0 Å². The van der Waals surface area contributed by atoms with E-state index in [1.165, 1.54) is 0 Å². The molecule has 1 atom stereocenters. The van der Waals surface area contributed by atoms with Crippen molar-refractivity contribution in [3.05, 3.63) is 42.9 Å². The predicted octanol–water partition coefficient (Wildman–Crippen LogP) is 2.09. The molecule has 1 aromatic carbocycles. The van der Waals surface area contributed by atoms with Crippen LogP contribution in [-0.2, 0) is 16.1 Å². The summed E-state index contributed by atoms with van der Waals surface area (Å²) in [6.45, 7) is 3.15. The molecule has 1 heterocycles. The lowest BCUT2D eigenvalue weighted by molar-refractivity contribution is -0.131. The molecule has 0 aliphatic carbocycles. The molecule has 5 heteroatoms. The molecule has 1 amide bonds. The Labute approximate surface area is 125 Å². The molecule has 21 heavy (non-hydrogen) atoms. The number of imidazole rings is 1. The fourth-order valence-electron chi connectivity index (χ4n) is 2.22. The van der Waals surface area contributed by atoms with E-state index in [1.807, 2.05) is 48.0 Å². The molecular weight excluding hydrogens is 266 g/mol. The Hall–Kier alpha value is -2.14. The van der Waals surface area contributed by atoms with Gasteiger partial charge in [-0.1, -0.05) is 37.3 Å². The highest BCUT2D eigenvalue weighted by Gasteiger charge is 2.14. The molecular formula is C16H21N3O2. The third kappa shape index (κ3) is 3.92. The molecule has 2 aromatic rings. The van der Waals surface area contributed by atoms with Crippen LogP contribution in [-0.4, -0.2) is 35.2 Å². The zero-order valence-corrected chi connectivity index (χ0v) is 12.5. The van der Waals surface area contributed by atoms with Crippen LogP contribution in [0.4, 0.5) is 0 Å². The lowest BCUT2D eigenvalue weighted by Gasteiger charge is -2.14. The Balaban J connectivity index is 1.93. The lowest BCUT2D eigenvalue weighted by atomic mass is 10.2. The van der Waals surface area contributed by atoms with Crippen LogP contribution in [0, 0.1) is 0 Å². The van der Waals surface area contributed by atoms with E-state index in [-0.39, 0.29) is 12.0 Å². The van der Waals surface area contributed by atoms with E-state index < -0.39 is 0 Å². The third-order valence-electron chi connectivity index (χ3n) is 3.38. The zero-order valence-electron chi connectivity index (χ0n) is 12.5. The molecule has 0 saturated carbocycles. The summed E-state index contributed by atoms with van der Waals surface area (Å²) in [7, 11) is 1.55. The van der Waals surface area contributed by atoms with Crippen LogP contribution < -0.4 is 5.32 Å². The van der Waals surface area contributed by atoms with Crippen molar-refractivity contribution in [3.63, 3.8) is 0 Å². The van der Waals surface area contributed by atoms with Gasteiger partial charge in [-0.25, -0.2) is 4.98 Å². The Morgan fingerprint density at radius 1 is 1.38 bits per heavy atom. The number of amides is 1. The number of carbonyl (C=O) groups excluding carboxylic acids is 1. The number of aromatic nitrogens is 2. The quantitative estimate of drug-likeness (QED) is 0.848. The maximum atomic E-state index is 11.8. The minimum atomic E-state index is -0.374. The van der Waals surface area contributed by atoms with E-state index in [0.29, 0.717) is 19.5 Å². The van der Waals surface area contributed by atoms with Gasteiger partial charge in [0.25, 0.3) is 0 Å². The first kappa shape index (κ1) is 15.3. The minimum absolute atomic E-state index is 0.0682. The Morgan fingerprint density at radius 3 is 2.81 bits per heavy atom. The van der Waals surface area contributed by atoms with Crippen molar-refractivity contribution < 1.29 is 9.53 Å². The summed E-state index contributed by atoms with van der Waals surface area (Å²) >= 11 is 0. The summed E-state index contributed by atoms with van der Waals surface area (Å²) in [4.78, 5) is 16.0. The molecule has 0 bridgehead atoms. The molecule has 0 fully saturated rings.